The second-order valence-electron chi connectivity index (χ2n) is 5.11. The van der Waals surface area contributed by atoms with E-state index in [2.05, 4.69) is 28.1 Å². The first-order chi connectivity index (χ1) is 10.3. The summed E-state index contributed by atoms with van der Waals surface area (Å²) in [5.74, 6) is 0. The minimum Gasteiger partial charge on any atom is -0.289 e. The van der Waals surface area contributed by atoms with Crippen LogP contribution in [-0.2, 0) is 0 Å². The Hall–Kier alpha value is -2.19. The smallest absolute Gasteiger partial charge is 0.194 e. The third-order valence-corrected chi connectivity index (χ3v) is 4.40. The van der Waals surface area contributed by atoms with Crippen molar-refractivity contribution in [1.29, 1.82) is 0 Å². The molecule has 0 atom stereocenters. The van der Waals surface area contributed by atoms with Crippen molar-refractivity contribution in [1.82, 2.24) is 0 Å². The molecule has 4 aromatic rings. The van der Waals surface area contributed by atoms with E-state index >= 15 is 0 Å². The Labute approximate surface area is 130 Å². The molecule has 21 heavy (non-hydrogen) atoms. The van der Waals surface area contributed by atoms with Crippen molar-refractivity contribution in [2.45, 2.75) is 0 Å². The fourth-order valence-electron chi connectivity index (χ4n) is 2.95. The van der Waals surface area contributed by atoms with Gasteiger partial charge in [0.15, 0.2) is 5.43 Å². The largest absolute Gasteiger partial charge is 0.289 e. The second kappa shape index (κ2) is 4.68. The predicted molar refractivity (Wildman–Crippen MR) is 92.9 cm³/mol. The maximum absolute atomic E-state index is 12.9. The molecule has 0 radical (unpaired) electrons. The van der Waals surface area contributed by atoms with Gasteiger partial charge in [-0.15, -0.1) is 0 Å². The summed E-state index contributed by atoms with van der Waals surface area (Å²) in [4.78, 5) is 12.9. The molecule has 0 unspecified atom stereocenters. The lowest BCUT2D eigenvalue weighted by atomic mass is 10.1. The highest BCUT2D eigenvalue weighted by molar-refractivity contribution is 9.10. The summed E-state index contributed by atoms with van der Waals surface area (Å²) < 4.78 is 1.02. The van der Waals surface area contributed by atoms with E-state index in [4.69, 9.17) is 0 Å². The van der Waals surface area contributed by atoms with E-state index in [9.17, 15) is 4.79 Å². The van der Waals surface area contributed by atoms with Crippen molar-refractivity contribution in [3.63, 3.8) is 0 Å². The predicted octanol–water partition coefficient (Wildman–Crippen LogP) is 5.27. The highest BCUT2D eigenvalue weighted by atomic mass is 79.9. The first-order valence-corrected chi connectivity index (χ1v) is 7.58. The van der Waals surface area contributed by atoms with Gasteiger partial charge in [0.25, 0.3) is 0 Å². The molecule has 1 nitrogen and oxygen atoms in total. The van der Waals surface area contributed by atoms with E-state index in [1.807, 2.05) is 54.6 Å². The van der Waals surface area contributed by atoms with Gasteiger partial charge in [0.05, 0.1) is 0 Å². The number of benzene rings is 3. The molecule has 0 N–H and O–H groups in total. The van der Waals surface area contributed by atoms with Crippen molar-refractivity contribution in [3.8, 4) is 0 Å². The molecule has 0 aliphatic heterocycles. The van der Waals surface area contributed by atoms with Gasteiger partial charge in [-0.25, -0.2) is 0 Å². The highest BCUT2D eigenvalue weighted by Crippen LogP contribution is 2.30. The summed E-state index contributed by atoms with van der Waals surface area (Å²) >= 11 is 3.54. The maximum Gasteiger partial charge on any atom is 0.194 e. The second-order valence-corrected chi connectivity index (χ2v) is 6.03. The molecule has 0 bridgehead atoms. The molecule has 0 fully saturated rings. The fraction of sp³-hybridized carbons (Fsp3) is 0. The van der Waals surface area contributed by atoms with E-state index in [0.29, 0.717) is 0 Å². The van der Waals surface area contributed by atoms with Gasteiger partial charge in [0.1, 0.15) is 0 Å². The molecule has 4 rings (SSSR count). The Morgan fingerprint density at radius 3 is 1.67 bits per heavy atom. The Morgan fingerprint density at radius 1 is 0.571 bits per heavy atom. The Kier molecular flexibility index (Phi) is 2.79. The first-order valence-electron chi connectivity index (χ1n) is 6.79. The van der Waals surface area contributed by atoms with Crippen LogP contribution in [-0.4, -0.2) is 0 Å². The van der Waals surface area contributed by atoms with Gasteiger partial charge in [-0.05, 0) is 33.7 Å². The topological polar surface area (TPSA) is 17.1 Å². The molecule has 0 aliphatic carbocycles. The quantitative estimate of drug-likeness (QED) is 0.428. The molecule has 0 spiro atoms. The molecule has 0 heterocycles. The van der Waals surface area contributed by atoms with Crippen LogP contribution < -0.4 is 5.43 Å². The van der Waals surface area contributed by atoms with Crippen molar-refractivity contribution in [3.05, 3.63) is 81.4 Å². The van der Waals surface area contributed by atoms with Crippen LogP contribution in [0.1, 0.15) is 0 Å². The highest BCUT2D eigenvalue weighted by Gasteiger charge is 2.08. The Morgan fingerprint density at radius 2 is 1.05 bits per heavy atom. The summed E-state index contributed by atoms with van der Waals surface area (Å²) in [6, 6.07) is 21.8. The molecule has 100 valence electrons. The van der Waals surface area contributed by atoms with Gasteiger partial charge in [-0.2, -0.15) is 0 Å². The van der Waals surface area contributed by atoms with E-state index in [0.717, 1.165) is 36.8 Å². The average molecular weight is 335 g/mol. The molecular weight excluding hydrogens is 324 g/mol. The molecule has 2 heteroatoms. The number of fused-ring (bicyclic) bond motifs is 5. The normalized spacial score (nSPS) is 11.3. The maximum atomic E-state index is 12.9. The van der Waals surface area contributed by atoms with Crippen LogP contribution in [0.4, 0.5) is 0 Å². The standard InChI is InChI=1S/C19H11BrO/c20-12-9-10-15-13-5-1-3-7-16(13)19(21)17-8-4-2-6-14(17)18(15)11-12/h1-11H. The lowest BCUT2D eigenvalue weighted by Gasteiger charge is -2.00. The van der Waals surface area contributed by atoms with Gasteiger partial charge >= 0.3 is 0 Å². The lowest BCUT2D eigenvalue weighted by molar-refractivity contribution is 1.75. The van der Waals surface area contributed by atoms with Crippen molar-refractivity contribution in [2.75, 3.05) is 0 Å². The molecule has 4 aromatic carbocycles. The van der Waals surface area contributed by atoms with Crippen LogP contribution in [0.3, 0.4) is 0 Å². The molecule has 0 amide bonds. The van der Waals surface area contributed by atoms with Crippen molar-refractivity contribution in [2.24, 2.45) is 0 Å². The van der Waals surface area contributed by atoms with Crippen LogP contribution in [0, 0.1) is 0 Å². The zero-order chi connectivity index (χ0) is 14.4. The van der Waals surface area contributed by atoms with Gasteiger partial charge in [0, 0.05) is 15.2 Å². The summed E-state index contributed by atoms with van der Waals surface area (Å²) in [7, 11) is 0. The number of rotatable bonds is 0. The van der Waals surface area contributed by atoms with E-state index in [1.165, 1.54) is 0 Å². The monoisotopic (exact) mass is 334 g/mol. The van der Waals surface area contributed by atoms with Crippen LogP contribution in [0.15, 0.2) is 76.0 Å². The van der Waals surface area contributed by atoms with E-state index < -0.39 is 0 Å². The minimum atomic E-state index is 0.0912. The van der Waals surface area contributed by atoms with Crippen molar-refractivity contribution >= 4 is 48.2 Å². The SMILES string of the molecule is O=c1c2ccccc2c2ccc(Br)cc2c2ccccc12. The fourth-order valence-corrected chi connectivity index (χ4v) is 3.31. The number of hydrogen-bond acceptors (Lipinski definition) is 1. The first kappa shape index (κ1) is 12.5. The lowest BCUT2D eigenvalue weighted by Crippen LogP contribution is -1.97. The van der Waals surface area contributed by atoms with Gasteiger partial charge < -0.3 is 0 Å². The molecule has 0 saturated heterocycles. The Balaban J connectivity index is 2.52. The van der Waals surface area contributed by atoms with Gasteiger partial charge in [-0.3, -0.25) is 4.79 Å². The third kappa shape index (κ3) is 1.87. The molecule has 0 aliphatic rings. The number of halogens is 1. The Bertz CT molecular complexity index is 1070. The van der Waals surface area contributed by atoms with Crippen LogP contribution in [0.2, 0.25) is 0 Å². The van der Waals surface area contributed by atoms with Gasteiger partial charge in [0.2, 0.25) is 0 Å². The summed E-state index contributed by atoms with van der Waals surface area (Å²) in [5, 5.41) is 5.73. The molecule has 0 saturated carbocycles. The van der Waals surface area contributed by atoms with Gasteiger partial charge in [-0.1, -0.05) is 70.5 Å². The zero-order valence-electron chi connectivity index (χ0n) is 11.1. The molecular formula is C19H11BrO. The van der Waals surface area contributed by atoms with E-state index in [-0.39, 0.29) is 5.43 Å². The average Bonchev–Trinajstić information content (AvgIpc) is 2.63. The summed E-state index contributed by atoms with van der Waals surface area (Å²) in [6.07, 6.45) is 0. The van der Waals surface area contributed by atoms with Crippen LogP contribution in [0.25, 0.3) is 32.3 Å². The minimum absolute atomic E-state index is 0.0912. The summed E-state index contributed by atoms with van der Waals surface area (Å²) in [5.41, 5.74) is 0.0912. The van der Waals surface area contributed by atoms with Crippen LogP contribution in [0.5, 0.6) is 0 Å². The van der Waals surface area contributed by atoms with Crippen molar-refractivity contribution < 1.29 is 0 Å². The summed E-state index contributed by atoms with van der Waals surface area (Å²) in [6.45, 7) is 0. The molecule has 0 aromatic heterocycles. The van der Waals surface area contributed by atoms with E-state index in [1.54, 1.807) is 0 Å². The zero-order valence-corrected chi connectivity index (χ0v) is 12.7. The third-order valence-electron chi connectivity index (χ3n) is 3.91. The number of hydrogen-bond donors (Lipinski definition) is 0. The van der Waals surface area contributed by atoms with Crippen LogP contribution >= 0.6 is 15.9 Å².